The Morgan fingerprint density at radius 1 is 0.349 bits per heavy atom. The van der Waals surface area contributed by atoms with E-state index in [0.717, 1.165) is 62.1 Å². The molecule has 0 aliphatic rings. The predicted molar refractivity (Wildman–Crippen MR) is 174 cm³/mol. The lowest BCUT2D eigenvalue weighted by Gasteiger charge is -2.25. The van der Waals surface area contributed by atoms with Gasteiger partial charge in [0.25, 0.3) is 0 Å². The van der Waals surface area contributed by atoms with Crippen molar-refractivity contribution in [3.8, 4) is 44.8 Å². The van der Waals surface area contributed by atoms with Gasteiger partial charge in [0, 0.05) is 52.7 Å². The monoisotopic (exact) mass is 553 g/mol. The maximum absolute atomic E-state index is 5.31. The van der Waals surface area contributed by atoms with Crippen molar-refractivity contribution in [2.45, 2.75) is 0 Å². The van der Waals surface area contributed by atoms with Crippen molar-refractivity contribution in [2.75, 3.05) is 4.90 Å². The summed E-state index contributed by atoms with van der Waals surface area (Å²) in [6.45, 7) is 0. The molecule has 5 nitrogen and oxygen atoms in total. The maximum atomic E-state index is 5.31. The fourth-order valence-electron chi connectivity index (χ4n) is 5.27. The van der Waals surface area contributed by atoms with Crippen LogP contribution in [0.25, 0.3) is 44.8 Å². The minimum Gasteiger partial charge on any atom is -0.279 e. The summed E-state index contributed by atoms with van der Waals surface area (Å²) in [5.41, 5.74) is 9.02. The number of rotatable bonds is 7. The van der Waals surface area contributed by atoms with E-state index in [1.165, 1.54) is 0 Å². The molecule has 43 heavy (non-hydrogen) atoms. The molecule has 4 aromatic heterocycles. The zero-order valence-corrected chi connectivity index (χ0v) is 23.3. The zero-order valence-electron chi connectivity index (χ0n) is 23.3. The second-order valence-corrected chi connectivity index (χ2v) is 10.0. The van der Waals surface area contributed by atoms with E-state index in [4.69, 9.17) is 9.97 Å². The van der Waals surface area contributed by atoms with Crippen molar-refractivity contribution >= 4 is 17.3 Å². The molecule has 0 saturated heterocycles. The van der Waals surface area contributed by atoms with E-state index in [1.807, 2.05) is 104 Å². The van der Waals surface area contributed by atoms with Gasteiger partial charge in [-0.25, -0.2) is 9.97 Å². The number of hydrogen-bond donors (Lipinski definition) is 0. The van der Waals surface area contributed by atoms with Crippen LogP contribution in [-0.2, 0) is 0 Å². The Hall–Kier alpha value is -5.94. The third kappa shape index (κ3) is 5.39. The number of nitrogens with zero attached hydrogens (tertiary/aromatic N) is 5. The first-order valence-electron chi connectivity index (χ1n) is 14.1. The summed E-state index contributed by atoms with van der Waals surface area (Å²) in [7, 11) is 0. The molecule has 0 bridgehead atoms. The molecule has 7 aromatic rings. The molecule has 4 heterocycles. The van der Waals surface area contributed by atoms with Gasteiger partial charge in [0.1, 0.15) is 11.6 Å². The van der Waals surface area contributed by atoms with Gasteiger partial charge in [0.05, 0.1) is 11.4 Å². The highest BCUT2D eigenvalue weighted by atomic mass is 15.2. The molecule has 204 valence electrons. The van der Waals surface area contributed by atoms with Gasteiger partial charge in [0.2, 0.25) is 0 Å². The van der Waals surface area contributed by atoms with E-state index in [-0.39, 0.29) is 0 Å². The standard InChI is InChI=1S/C38H27N5/c1-4-10-30(11-5-1)37-33(28-20-24-39-25-21-28)16-18-35(41-37)43(32-14-8-3-9-15-32)36-19-17-34(29-22-26-40-27-23-29)38(42-36)31-12-6-2-7-13-31/h1-27H. The van der Waals surface area contributed by atoms with Crippen molar-refractivity contribution in [1.82, 2.24) is 19.9 Å². The quantitative estimate of drug-likeness (QED) is 0.197. The second-order valence-electron chi connectivity index (χ2n) is 10.0. The number of aromatic nitrogens is 4. The lowest BCUT2D eigenvalue weighted by Crippen LogP contribution is -2.14. The van der Waals surface area contributed by atoms with E-state index >= 15 is 0 Å². The largest absolute Gasteiger partial charge is 0.279 e. The molecule has 0 saturated carbocycles. The van der Waals surface area contributed by atoms with Crippen molar-refractivity contribution < 1.29 is 0 Å². The van der Waals surface area contributed by atoms with Crippen LogP contribution in [-0.4, -0.2) is 19.9 Å². The summed E-state index contributed by atoms with van der Waals surface area (Å²) < 4.78 is 0. The fraction of sp³-hybridized carbons (Fsp3) is 0. The summed E-state index contributed by atoms with van der Waals surface area (Å²) in [5.74, 6) is 1.54. The van der Waals surface area contributed by atoms with Gasteiger partial charge in [-0.2, -0.15) is 0 Å². The molecule has 7 rings (SSSR count). The average molecular weight is 554 g/mol. The molecule has 0 aliphatic heterocycles. The number of anilines is 3. The predicted octanol–water partition coefficient (Wildman–Crippen LogP) is 9.40. The first-order valence-corrected chi connectivity index (χ1v) is 14.1. The highest BCUT2D eigenvalue weighted by Crippen LogP contribution is 2.39. The fourth-order valence-corrected chi connectivity index (χ4v) is 5.27. The molecule has 0 N–H and O–H groups in total. The minimum atomic E-state index is 0.769. The molecule has 0 aliphatic carbocycles. The average Bonchev–Trinajstić information content (AvgIpc) is 3.10. The lowest BCUT2D eigenvalue weighted by molar-refractivity contribution is 1.13. The Kier molecular flexibility index (Phi) is 7.19. The zero-order chi connectivity index (χ0) is 28.8. The summed E-state index contributed by atoms with van der Waals surface area (Å²) >= 11 is 0. The van der Waals surface area contributed by atoms with E-state index in [1.54, 1.807) is 0 Å². The van der Waals surface area contributed by atoms with Crippen molar-refractivity contribution in [1.29, 1.82) is 0 Å². The molecule has 0 unspecified atom stereocenters. The second kappa shape index (κ2) is 11.9. The summed E-state index contributed by atoms with van der Waals surface area (Å²) in [6, 6.07) is 47.3. The number of hydrogen-bond acceptors (Lipinski definition) is 5. The molecular formula is C38H27N5. The first-order chi connectivity index (χ1) is 21.3. The van der Waals surface area contributed by atoms with Gasteiger partial charge in [-0.05, 0) is 71.8 Å². The normalized spacial score (nSPS) is 10.8. The molecule has 3 aromatic carbocycles. The van der Waals surface area contributed by atoms with Crippen LogP contribution in [0.2, 0.25) is 0 Å². The van der Waals surface area contributed by atoms with Gasteiger partial charge in [-0.1, -0.05) is 78.9 Å². The summed E-state index contributed by atoms with van der Waals surface area (Å²) in [4.78, 5) is 21.2. The topological polar surface area (TPSA) is 54.8 Å². The molecule has 5 heteroatoms. The third-order valence-electron chi connectivity index (χ3n) is 7.31. The Bertz CT molecular complexity index is 1820. The van der Waals surface area contributed by atoms with Crippen molar-refractivity contribution in [3.05, 3.63) is 164 Å². The van der Waals surface area contributed by atoms with Crippen LogP contribution in [0.5, 0.6) is 0 Å². The first kappa shape index (κ1) is 26.0. The van der Waals surface area contributed by atoms with E-state index in [9.17, 15) is 0 Å². The third-order valence-corrected chi connectivity index (χ3v) is 7.31. The maximum Gasteiger partial charge on any atom is 0.139 e. The van der Waals surface area contributed by atoms with Crippen LogP contribution < -0.4 is 4.90 Å². The molecule has 0 fully saturated rings. The lowest BCUT2D eigenvalue weighted by atomic mass is 9.99. The Labute approximate surface area is 250 Å². The Morgan fingerprint density at radius 3 is 1.16 bits per heavy atom. The van der Waals surface area contributed by atoms with Crippen LogP contribution in [0.15, 0.2) is 164 Å². The van der Waals surface area contributed by atoms with E-state index in [2.05, 4.69) is 75.5 Å². The minimum absolute atomic E-state index is 0.769. The highest BCUT2D eigenvalue weighted by Gasteiger charge is 2.20. The SMILES string of the molecule is c1ccc(-c2nc(N(c3ccccc3)c3ccc(-c4ccncc4)c(-c4ccccc4)n3)ccc2-c2ccncc2)cc1. The number of pyridine rings is 4. The molecule has 0 atom stereocenters. The Morgan fingerprint density at radius 2 is 0.744 bits per heavy atom. The smallest absolute Gasteiger partial charge is 0.139 e. The molecule has 0 spiro atoms. The Balaban J connectivity index is 1.44. The molecular weight excluding hydrogens is 526 g/mol. The van der Waals surface area contributed by atoms with Crippen LogP contribution in [0.4, 0.5) is 17.3 Å². The highest BCUT2D eigenvalue weighted by molar-refractivity contribution is 5.86. The van der Waals surface area contributed by atoms with Crippen LogP contribution in [0.1, 0.15) is 0 Å². The van der Waals surface area contributed by atoms with Gasteiger partial charge < -0.3 is 0 Å². The molecule has 0 radical (unpaired) electrons. The van der Waals surface area contributed by atoms with Gasteiger partial charge in [-0.15, -0.1) is 0 Å². The van der Waals surface area contributed by atoms with Gasteiger partial charge in [-0.3, -0.25) is 14.9 Å². The van der Waals surface area contributed by atoms with E-state index < -0.39 is 0 Å². The number of para-hydroxylation sites is 1. The van der Waals surface area contributed by atoms with Gasteiger partial charge in [0.15, 0.2) is 0 Å². The van der Waals surface area contributed by atoms with Gasteiger partial charge >= 0.3 is 0 Å². The van der Waals surface area contributed by atoms with Crippen LogP contribution in [0.3, 0.4) is 0 Å². The summed E-state index contributed by atoms with van der Waals surface area (Å²) in [5, 5.41) is 0. The van der Waals surface area contributed by atoms with Crippen LogP contribution >= 0.6 is 0 Å². The molecule has 0 amide bonds. The van der Waals surface area contributed by atoms with Crippen molar-refractivity contribution in [2.24, 2.45) is 0 Å². The summed E-state index contributed by atoms with van der Waals surface area (Å²) in [6.07, 6.45) is 7.25. The number of benzene rings is 3. The van der Waals surface area contributed by atoms with E-state index in [0.29, 0.717) is 0 Å². The van der Waals surface area contributed by atoms with Crippen LogP contribution in [0, 0.1) is 0 Å². The van der Waals surface area contributed by atoms with Crippen molar-refractivity contribution in [3.63, 3.8) is 0 Å².